The lowest BCUT2D eigenvalue weighted by Gasteiger charge is -2.43. The number of alkyl halides is 9. The van der Waals surface area contributed by atoms with E-state index < -0.39 is 83.2 Å². The molecule has 1 aliphatic heterocycles. The van der Waals surface area contributed by atoms with Crippen LogP contribution in [0.1, 0.15) is 71.0 Å². The highest BCUT2D eigenvalue weighted by atomic mass is 19.4. The summed E-state index contributed by atoms with van der Waals surface area (Å²) in [4.78, 5) is 30.4. The van der Waals surface area contributed by atoms with Gasteiger partial charge in [-0.3, -0.25) is 4.90 Å². The van der Waals surface area contributed by atoms with Crippen LogP contribution < -0.4 is 9.80 Å². The molecule has 8 nitrogen and oxygen atoms in total. The number of anilines is 2. The molecule has 1 aliphatic rings. The zero-order valence-corrected chi connectivity index (χ0v) is 23.3. The number of ether oxygens (including phenoxy) is 1. The summed E-state index contributed by atoms with van der Waals surface area (Å²) in [7, 11) is 0. The molecule has 0 bridgehead atoms. The normalized spacial score (nSPS) is 17.2. The molecule has 4 rings (SSSR count). The average molecular weight is 653 g/mol. The van der Waals surface area contributed by atoms with Crippen LogP contribution in [0.15, 0.2) is 47.1 Å². The molecule has 2 aromatic carbocycles. The molecule has 3 aromatic rings. The second-order valence-corrected chi connectivity index (χ2v) is 10.0. The number of carboxylic acid groups (broad SMARTS) is 1. The van der Waals surface area contributed by atoms with Crippen LogP contribution in [0.5, 0.6) is 0 Å². The number of amides is 1. The third kappa shape index (κ3) is 7.12. The Morgan fingerprint density at radius 2 is 1.56 bits per heavy atom. The molecule has 45 heavy (non-hydrogen) atoms. The number of carbonyl (C=O) groups excluding carboxylic acids is 1. The Hall–Kier alpha value is -4.44. The number of hydrogen-bond acceptors (Lipinski definition) is 6. The molecule has 0 spiro atoms. The van der Waals surface area contributed by atoms with E-state index in [1.807, 2.05) is 0 Å². The van der Waals surface area contributed by atoms with Gasteiger partial charge in [0.2, 0.25) is 0 Å². The fraction of sp³-hybridized carbons (Fsp3) is 0.393. The molecule has 1 aromatic heterocycles. The topological polar surface area (TPSA) is 96.1 Å². The Morgan fingerprint density at radius 3 is 2.04 bits per heavy atom. The van der Waals surface area contributed by atoms with Crippen LogP contribution in [0.25, 0.3) is 0 Å². The van der Waals surface area contributed by atoms with Gasteiger partial charge in [-0.25, -0.2) is 9.59 Å². The van der Waals surface area contributed by atoms with E-state index in [4.69, 9.17) is 9.15 Å². The summed E-state index contributed by atoms with van der Waals surface area (Å²) in [6, 6.07) is 0.474. The van der Waals surface area contributed by atoms with E-state index in [2.05, 4.69) is 4.98 Å². The number of oxazole rings is 1. The van der Waals surface area contributed by atoms with Crippen molar-refractivity contribution in [3.05, 3.63) is 76.2 Å². The number of benzene rings is 2. The van der Waals surface area contributed by atoms with Crippen LogP contribution in [0.2, 0.25) is 0 Å². The monoisotopic (exact) mass is 653 g/mol. The summed E-state index contributed by atoms with van der Waals surface area (Å²) < 4.78 is 134. The molecule has 1 amide bonds. The molecule has 0 saturated carbocycles. The van der Waals surface area contributed by atoms with Gasteiger partial charge in [0.15, 0.2) is 5.69 Å². The maximum Gasteiger partial charge on any atom is 0.416 e. The van der Waals surface area contributed by atoms with E-state index >= 15 is 0 Å². The van der Waals surface area contributed by atoms with Crippen LogP contribution in [-0.4, -0.2) is 34.8 Å². The molecule has 0 unspecified atom stereocenters. The van der Waals surface area contributed by atoms with Crippen LogP contribution in [0.4, 0.5) is 56.0 Å². The Balaban J connectivity index is 1.97. The molecule has 244 valence electrons. The number of carboxylic acids is 1. The predicted molar refractivity (Wildman–Crippen MR) is 138 cm³/mol. The van der Waals surface area contributed by atoms with Crippen LogP contribution >= 0.6 is 0 Å². The molecule has 0 aliphatic carbocycles. The average Bonchev–Trinajstić information content (AvgIpc) is 3.44. The van der Waals surface area contributed by atoms with E-state index in [0.717, 1.165) is 15.9 Å². The number of nitrogens with zero attached hydrogens (tertiary/aromatic N) is 3. The lowest BCUT2D eigenvalue weighted by atomic mass is 9.87. The van der Waals surface area contributed by atoms with Crippen molar-refractivity contribution in [1.82, 2.24) is 4.98 Å². The van der Waals surface area contributed by atoms with E-state index in [9.17, 15) is 54.2 Å². The minimum Gasteiger partial charge on any atom is -0.476 e. The molecule has 17 heteroatoms. The SMILES string of the molecule is CCOC(=O)N1c2ccc(C(F)(F)F)cc2[C@@H](N(Cc2cc(C(F)(F)F)cc(C(F)(F)F)c2)c2nc(C(=O)O)co2)C[C@H]1CC. The van der Waals surface area contributed by atoms with Crippen molar-refractivity contribution in [2.75, 3.05) is 16.4 Å². The first-order valence-corrected chi connectivity index (χ1v) is 13.3. The van der Waals surface area contributed by atoms with E-state index in [1.54, 1.807) is 6.92 Å². The van der Waals surface area contributed by atoms with E-state index in [0.29, 0.717) is 30.5 Å². The van der Waals surface area contributed by atoms with Gasteiger partial charge in [-0.05, 0) is 67.3 Å². The zero-order valence-electron chi connectivity index (χ0n) is 23.3. The molecule has 2 atom stereocenters. The predicted octanol–water partition coefficient (Wildman–Crippen LogP) is 8.32. The van der Waals surface area contributed by atoms with Crippen molar-refractivity contribution in [3.63, 3.8) is 0 Å². The van der Waals surface area contributed by atoms with Gasteiger partial charge in [0, 0.05) is 12.6 Å². The lowest BCUT2D eigenvalue weighted by Crippen LogP contribution is -2.48. The van der Waals surface area contributed by atoms with Gasteiger partial charge >= 0.3 is 30.6 Å². The van der Waals surface area contributed by atoms with Crippen molar-refractivity contribution in [3.8, 4) is 0 Å². The first-order chi connectivity index (χ1) is 20.8. The fourth-order valence-corrected chi connectivity index (χ4v) is 5.10. The third-order valence-electron chi connectivity index (χ3n) is 7.10. The van der Waals surface area contributed by atoms with Crippen molar-refractivity contribution >= 4 is 23.8 Å². The fourth-order valence-electron chi connectivity index (χ4n) is 5.10. The van der Waals surface area contributed by atoms with Gasteiger partial charge < -0.3 is 19.2 Å². The Kier molecular flexibility index (Phi) is 9.04. The Labute approximate surface area is 249 Å². The summed E-state index contributed by atoms with van der Waals surface area (Å²) in [6.07, 6.45) is -15.6. The third-order valence-corrected chi connectivity index (χ3v) is 7.10. The van der Waals surface area contributed by atoms with Gasteiger partial charge in [0.1, 0.15) is 6.26 Å². The number of rotatable bonds is 7. The quantitative estimate of drug-likeness (QED) is 0.256. The Morgan fingerprint density at radius 1 is 0.956 bits per heavy atom. The van der Waals surface area contributed by atoms with Gasteiger partial charge in [-0.1, -0.05) is 6.92 Å². The number of carbonyl (C=O) groups is 2. The first kappa shape index (κ1) is 33.5. The number of hydrogen-bond donors (Lipinski definition) is 1. The summed E-state index contributed by atoms with van der Waals surface area (Å²) in [5.41, 5.74) is -6.00. The highest BCUT2D eigenvalue weighted by Gasteiger charge is 2.43. The standard InChI is InChI=1S/C28H24F9N3O5/c1-3-18-11-22(19-10-15(26(29,30)31)5-6-21(19)40(18)25(43)44-4-2)39(24-38-20(13-45-24)23(41)42)12-14-7-16(27(32,33)34)9-17(8-14)28(35,36)37/h5-10,13,18,22H,3-4,11-12H2,1-2H3,(H,41,42)/t18-,22+/m1/s1. The molecular formula is C28H24F9N3O5. The molecule has 0 saturated heterocycles. The summed E-state index contributed by atoms with van der Waals surface area (Å²) in [5.74, 6) is -1.59. The highest BCUT2D eigenvalue weighted by molar-refractivity contribution is 5.90. The summed E-state index contributed by atoms with van der Waals surface area (Å²) in [5, 5.41) is 9.37. The van der Waals surface area contributed by atoms with Gasteiger partial charge in [-0.2, -0.15) is 44.5 Å². The number of aromatic nitrogens is 1. The van der Waals surface area contributed by atoms with Crippen LogP contribution in [0.3, 0.4) is 0 Å². The van der Waals surface area contributed by atoms with Crippen molar-refractivity contribution in [1.29, 1.82) is 0 Å². The van der Waals surface area contributed by atoms with E-state index in [1.165, 1.54) is 6.92 Å². The van der Waals surface area contributed by atoms with Gasteiger partial charge in [-0.15, -0.1) is 0 Å². The molecule has 2 heterocycles. The number of aromatic carboxylic acids is 1. The summed E-state index contributed by atoms with van der Waals surface area (Å²) >= 11 is 0. The van der Waals surface area contributed by atoms with Gasteiger partial charge in [0.05, 0.1) is 35.0 Å². The van der Waals surface area contributed by atoms with Crippen LogP contribution in [-0.2, 0) is 29.8 Å². The minimum atomic E-state index is -5.20. The smallest absolute Gasteiger partial charge is 0.416 e. The van der Waals surface area contributed by atoms with Crippen LogP contribution in [0, 0.1) is 0 Å². The van der Waals surface area contributed by atoms with Crippen molar-refractivity contribution in [2.45, 2.75) is 63.8 Å². The lowest BCUT2D eigenvalue weighted by molar-refractivity contribution is -0.143. The second kappa shape index (κ2) is 12.2. The zero-order chi connectivity index (χ0) is 33.5. The van der Waals surface area contributed by atoms with E-state index in [-0.39, 0.29) is 36.8 Å². The maximum absolute atomic E-state index is 13.9. The Bertz CT molecular complexity index is 1530. The molecule has 0 fully saturated rings. The summed E-state index contributed by atoms with van der Waals surface area (Å²) in [6.45, 7) is 2.22. The molecule has 1 N–H and O–H groups in total. The largest absolute Gasteiger partial charge is 0.476 e. The number of fused-ring (bicyclic) bond motifs is 1. The molecule has 0 radical (unpaired) electrons. The van der Waals surface area contributed by atoms with Crippen molar-refractivity contribution in [2.24, 2.45) is 0 Å². The molecular weight excluding hydrogens is 629 g/mol. The highest BCUT2D eigenvalue weighted by Crippen LogP contribution is 2.46. The first-order valence-electron chi connectivity index (χ1n) is 13.3. The number of halogens is 9. The minimum absolute atomic E-state index is 0.0698. The van der Waals surface area contributed by atoms with Gasteiger partial charge in [0.25, 0.3) is 6.01 Å². The maximum atomic E-state index is 13.9. The second-order valence-electron chi connectivity index (χ2n) is 10.0. The van der Waals surface area contributed by atoms with Crippen molar-refractivity contribution < 1.29 is 63.4 Å².